The largest absolute Gasteiger partial charge is 0.460 e. The Morgan fingerprint density at radius 2 is 1.60 bits per heavy atom. The number of nitrogens with zero attached hydrogens (tertiary/aromatic N) is 2. The number of benzene rings is 1. The summed E-state index contributed by atoms with van der Waals surface area (Å²) in [6, 6.07) is 6.50. The van der Waals surface area contributed by atoms with Crippen molar-refractivity contribution in [2.45, 2.75) is 41.1 Å². The number of carbonyl (C=O) groups excluding carboxylic acids is 1. The average Bonchev–Trinajstić information content (AvgIpc) is 2.97. The van der Waals surface area contributed by atoms with Gasteiger partial charge in [-0.15, -0.1) is 33.4 Å². The maximum atomic E-state index is 13.7. The van der Waals surface area contributed by atoms with Gasteiger partial charge in [0.2, 0.25) is 11.0 Å². The van der Waals surface area contributed by atoms with Gasteiger partial charge < -0.3 is 0 Å². The SMILES string of the molecule is Cc1ccc(C2(C(=O)Nc3nnc(C(F)(F)C(F)(F)C(F)(F)F)s3)CC2(Cl)Cl)cc1. The summed E-state index contributed by atoms with van der Waals surface area (Å²) in [7, 11) is 0. The van der Waals surface area contributed by atoms with Crippen molar-refractivity contribution in [2.75, 3.05) is 5.32 Å². The predicted octanol–water partition coefficient (Wildman–Crippen LogP) is 5.59. The van der Waals surface area contributed by atoms with Crippen molar-refractivity contribution in [2.24, 2.45) is 0 Å². The fraction of sp³-hybridized carbons (Fsp3) is 0.438. The van der Waals surface area contributed by atoms with E-state index in [1.54, 1.807) is 31.2 Å². The summed E-state index contributed by atoms with van der Waals surface area (Å²) in [6.07, 6.45) is -6.57. The minimum absolute atomic E-state index is 0.0496. The van der Waals surface area contributed by atoms with Gasteiger partial charge in [-0.25, -0.2) is 0 Å². The molecule has 1 saturated carbocycles. The van der Waals surface area contributed by atoms with Crippen LogP contribution in [0.15, 0.2) is 24.3 Å². The first kappa shape index (κ1) is 23.0. The second-order valence-electron chi connectivity index (χ2n) is 6.67. The summed E-state index contributed by atoms with van der Waals surface area (Å²) >= 11 is 11.9. The maximum absolute atomic E-state index is 13.7. The van der Waals surface area contributed by atoms with Gasteiger partial charge >= 0.3 is 18.0 Å². The summed E-state index contributed by atoms with van der Waals surface area (Å²) in [5.74, 6) is -13.0. The molecule has 1 N–H and O–H groups in total. The summed E-state index contributed by atoms with van der Waals surface area (Å²) in [5.41, 5.74) is -0.228. The molecule has 0 bridgehead atoms. The molecule has 164 valence electrons. The van der Waals surface area contributed by atoms with E-state index in [9.17, 15) is 35.5 Å². The van der Waals surface area contributed by atoms with Crippen molar-refractivity contribution in [3.05, 3.63) is 40.4 Å². The number of rotatable bonds is 5. The highest BCUT2D eigenvalue weighted by Gasteiger charge is 2.75. The summed E-state index contributed by atoms with van der Waals surface area (Å²) in [4.78, 5) is 12.8. The zero-order valence-electron chi connectivity index (χ0n) is 14.6. The molecule has 1 amide bonds. The number of hydrogen-bond donors (Lipinski definition) is 1. The minimum Gasteiger partial charge on any atom is -0.300 e. The van der Waals surface area contributed by atoms with Gasteiger partial charge in [0.25, 0.3) is 0 Å². The molecule has 1 aromatic carbocycles. The molecule has 30 heavy (non-hydrogen) atoms. The predicted molar refractivity (Wildman–Crippen MR) is 95.3 cm³/mol. The monoisotopic (exact) mass is 495 g/mol. The zero-order valence-corrected chi connectivity index (χ0v) is 17.0. The topological polar surface area (TPSA) is 54.9 Å². The van der Waals surface area contributed by atoms with Crippen molar-refractivity contribution >= 4 is 45.6 Å². The van der Waals surface area contributed by atoms with Crippen LogP contribution in [0.1, 0.15) is 22.6 Å². The number of amides is 1. The number of hydrogen-bond acceptors (Lipinski definition) is 4. The number of alkyl halides is 9. The second kappa shape index (κ2) is 6.92. The van der Waals surface area contributed by atoms with E-state index >= 15 is 0 Å². The van der Waals surface area contributed by atoms with E-state index in [-0.39, 0.29) is 17.8 Å². The molecule has 4 nitrogen and oxygen atoms in total. The van der Waals surface area contributed by atoms with Gasteiger partial charge in [0, 0.05) is 6.42 Å². The van der Waals surface area contributed by atoms with E-state index < -0.39 is 43.8 Å². The molecular formula is C16H10Cl2F7N3OS. The molecule has 0 radical (unpaired) electrons. The van der Waals surface area contributed by atoms with E-state index in [1.807, 2.05) is 0 Å². The highest BCUT2D eigenvalue weighted by atomic mass is 35.5. The number of aromatic nitrogens is 2. The van der Waals surface area contributed by atoms with Gasteiger partial charge in [0.1, 0.15) is 9.75 Å². The van der Waals surface area contributed by atoms with E-state index in [1.165, 1.54) is 0 Å². The lowest BCUT2D eigenvalue weighted by atomic mass is 9.94. The molecule has 1 aromatic heterocycles. The molecule has 14 heteroatoms. The Kier molecular flexibility index (Phi) is 5.31. The number of halogens is 9. The first-order chi connectivity index (χ1) is 13.6. The Labute approximate surface area is 178 Å². The van der Waals surface area contributed by atoms with Gasteiger partial charge in [-0.2, -0.15) is 30.7 Å². The summed E-state index contributed by atoms with van der Waals surface area (Å²) in [5, 5.41) is 5.23. The molecule has 1 aliphatic rings. The van der Waals surface area contributed by atoms with Crippen LogP contribution in [0.25, 0.3) is 0 Å². The van der Waals surface area contributed by atoms with Crippen molar-refractivity contribution in [3.8, 4) is 0 Å². The fourth-order valence-corrected chi connectivity index (χ4v) is 4.27. The molecule has 1 atom stereocenters. The molecule has 1 unspecified atom stereocenters. The lowest BCUT2D eigenvalue weighted by Crippen LogP contribution is -2.50. The van der Waals surface area contributed by atoms with Gasteiger partial charge in [-0.3, -0.25) is 10.1 Å². The number of anilines is 1. The van der Waals surface area contributed by atoms with E-state index in [0.717, 1.165) is 5.56 Å². The summed E-state index contributed by atoms with van der Waals surface area (Å²) < 4.78 is 89.2. The van der Waals surface area contributed by atoms with Crippen molar-refractivity contribution in [3.63, 3.8) is 0 Å². The van der Waals surface area contributed by atoms with Gasteiger partial charge in [-0.1, -0.05) is 41.2 Å². The Balaban J connectivity index is 1.87. The van der Waals surface area contributed by atoms with Crippen LogP contribution >= 0.6 is 34.5 Å². The average molecular weight is 496 g/mol. The molecule has 1 fully saturated rings. The highest BCUT2D eigenvalue weighted by Crippen LogP contribution is 2.65. The van der Waals surface area contributed by atoms with Gasteiger partial charge in [-0.05, 0) is 12.5 Å². The second-order valence-corrected chi connectivity index (χ2v) is 9.13. The number of carbonyl (C=O) groups is 1. The maximum Gasteiger partial charge on any atom is 0.460 e. The third-order valence-corrected chi connectivity index (χ3v) is 6.40. The lowest BCUT2D eigenvalue weighted by molar-refractivity contribution is -0.359. The lowest BCUT2D eigenvalue weighted by Gasteiger charge is -2.26. The molecule has 1 aliphatic carbocycles. The Bertz CT molecular complexity index is 978. The van der Waals surface area contributed by atoms with Gasteiger partial charge in [0.15, 0.2) is 5.01 Å². The molecule has 3 rings (SSSR count). The Morgan fingerprint density at radius 1 is 1.07 bits per heavy atom. The molecule has 0 aliphatic heterocycles. The van der Waals surface area contributed by atoms with Crippen LogP contribution in [0.2, 0.25) is 0 Å². The molecular weight excluding hydrogens is 486 g/mol. The van der Waals surface area contributed by atoms with Crippen LogP contribution in [0, 0.1) is 6.92 Å². The minimum atomic E-state index is -6.52. The molecule has 0 saturated heterocycles. The fourth-order valence-electron chi connectivity index (χ4n) is 2.73. The zero-order chi connectivity index (χ0) is 22.8. The summed E-state index contributed by atoms with van der Waals surface area (Å²) in [6.45, 7) is 1.79. The van der Waals surface area contributed by atoms with Crippen molar-refractivity contribution in [1.29, 1.82) is 0 Å². The molecule has 0 spiro atoms. The molecule has 2 aromatic rings. The van der Waals surface area contributed by atoms with Crippen LogP contribution in [-0.2, 0) is 16.1 Å². The quantitative estimate of drug-likeness (QED) is 0.434. The standard InChI is InChI=1S/C16H10Cl2F7N3OS/c1-7-2-4-8(5-3-7)12(6-13(12,17)18)9(29)26-11-28-27-10(30-11)14(19,20)15(21,22)16(23,24)25/h2-5H,6H2,1H3,(H,26,28,29). The molecule has 1 heterocycles. The number of nitrogens with one attached hydrogen (secondary N) is 1. The third-order valence-electron chi connectivity index (χ3n) is 4.58. The van der Waals surface area contributed by atoms with Crippen LogP contribution in [-0.4, -0.2) is 32.5 Å². The Morgan fingerprint density at radius 3 is 2.07 bits per heavy atom. The highest BCUT2D eigenvalue weighted by molar-refractivity contribution is 7.15. The van der Waals surface area contributed by atoms with Gasteiger partial charge in [0.05, 0.1) is 0 Å². The van der Waals surface area contributed by atoms with Crippen molar-refractivity contribution < 1.29 is 35.5 Å². The normalized spacial score (nSPS) is 21.4. The van der Waals surface area contributed by atoms with Crippen LogP contribution in [0.5, 0.6) is 0 Å². The van der Waals surface area contributed by atoms with Crippen LogP contribution in [0.4, 0.5) is 35.9 Å². The van der Waals surface area contributed by atoms with E-state index in [4.69, 9.17) is 23.2 Å². The first-order valence-electron chi connectivity index (χ1n) is 7.99. The first-order valence-corrected chi connectivity index (χ1v) is 9.56. The van der Waals surface area contributed by atoms with Crippen molar-refractivity contribution in [1.82, 2.24) is 10.2 Å². The number of aryl methyl sites for hydroxylation is 1. The van der Waals surface area contributed by atoms with E-state index in [0.29, 0.717) is 5.56 Å². The smallest absolute Gasteiger partial charge is 0.300 e. The van der Waals surface area contributed by atoms with Crippen LogP contribution in [0.3, 0.4) is 0 Å². The Hall–Kier alpha value is -1.66. The third kappa shape index (κ3) is 3.42. The van der Waals surface area contributed by atoms with E-state index in [2.05, 4.69) is 15.5 Å². The van der Waals surface area contributed by atoms with Crippen LogP contribution < -0.4 is 5.32 Å².